The van der Waals surface area contributed by atoms with Gasteiger partial charge in [0.1, 0.15) is 0 Å². The number of carbonyl (C=O) groups is 1. The lowest BCUT2D eigenvalue weighted by atomic mass is 10.2. The van der Waals surface area contributed by atoms with Gasteiger partial charge in [0.05, 0.1) is 18.1 Å². The first-order valence-corrected chi connectivity index (χ1v) is 6.18. The van der Waals surface area contributed by atoms with Gasteiger partial charge in [0.2, 0.25) is 0 Å². The van der Waals surface area contributed by atoms with E-state index in [2.05, 4.69) is 0 Å². The van der Waals surface area contributed by atoms with Crippen molar-refractivity contribution >= 4 is 23.4 Å². The number of thioether (sulfide) groups is 1. The summed E-state index contributed by atoms with van der Waals surface area (Å²) in [7, 11) is 0. The lowest BCUT2D eigenvalue weighted by Gasteiger charge is -2.12. The fourth-order valence-electron chi connectivity index (χ4n) is 1.30. The number of alkyl halides is 3. The van der Waals surface area contributed by atoms with Crippen LogP contribution in [0.1, 0.15) is 12.0 Å². The normalized spacial score (nSPS) is 13.3. The Hall–Kier alpha value is -1.41. The molecule has 1 rings (SSSR count). The molecular formula is C11H12F3NO3S. The average molecular weight is 295 g/mol. The highest BCUT2D eigenvalue weighted by molar-refractivity contribution is 7.99. The second kappa shape index (κ2) is 6.16. The largest absolute Gasteiger partial charge is 0.481 e. The van der Waals surface area contributed by atoms with Crippen molar-refractivity contribution in [2.45, 2.75) is 23.6 Å². The van der Waals surface area contributed by atoms with Gasteiger partial charge in [-0.1, -0.05) is 0 Å². The lowest BCUT2D eigenvalue weighted by molar-refractivity contribution is -0.139. The highest BCUT2D eigenvalue weighted by Gasteiger charge is 2.30. The minimum atomic E-state index is -4.46. The van der Waals surface area contributed by atoms with Crippen molar-refractivity contribution in [1.29, 1.82) is 0 Å². The third kappa shape index (κ3) is 4.99. The number of rotatable bonds is 5. The van der Waals surface area contributed by atoms with Gasteiger partial charge in [0.25, 0.3) is 0 Å². The van der Waals surface area contributed by atoms with Crippen molar-refractivity contribution in [2.75, 3.05) is 11.5 Å². The van der Waals surface area contributed by atoms with E-state index in [1.165, 1.54) is 6.07 Å². The number of anilines is 1. The smallest absolute Gasteiger partial charge is 0.416 e. The van der Waals surface area contributed by atoms with Crippen LogP contribution in [0.25, 0.3) is 0 Å². The van der Waals surface area contributed by atoms with Gasteiger partial charge in [-0.05, 0) is 18.2 Å². The Morgan fingerprint density at radius 3 is 2.53 bits per heavy atom. The van der Waals surface area contributed by atoms with Crippen LogP contribution in [0.5, 0.6) is 0 Å². The summed E-state index contributed by atoms with van der Waals surface area (Å²) in [5.74, 6) is -1.10. The number of nitrogen functional groups attached to an aromatic ring is 1. The summed E-state index contributed by atoms with van der Waals surface area (Å²) >= 11 is 1.01. The van der Waals surface area contributed by atoms with E-state index in [4.69, 9.17) is 10.8 Å². The topological polar surface area (TPSA) is 83.5 Å². The molecule has 1 aromatic rings. The number of hydrogen-bond acceptors (Lipinski definition) is 4. The first-order valence-electron chi connectivity index (χ1n) is 5.19. The number of hydrogen-bond donors (Lipinski definition) is 3. The van der Waals surface area contributed by atoms with E-state index in [0.717, 1.165) is 23.9 Å². The van der Waals surface area contributed by atoms with Crippen LogP contribution < -0.4 is 5.73 Å². The molecule has 19 heavy (non-hydrogen) atoms. The van der Waals surface area contributed by atoms with Crippen LogP contribution in [0.3, 0.4) is 0 Å². The molecule has 0 bridgehead atoms. The van der Waals surface area contributed by atoms with E-state index in [1.54, 1.807) is 0 Å². The van der Waals surface area contributed by atoms with Gasteiger partial charge in [0.15, 0.2) is 0 Å². The maximum Gasteiger partial charge on any atom is 0.416 e. The molecule has 0 heterocycles. The molecule has 0 aliphatic rings. The number of aliphatic hydroxyl groups excluding tert-OH is 1. The molecule has 0 aliphatic heterocycles. The van der Waals surface area contributed by atoms with Gasteiger partial charge < -0.3 is 15.9 Å². The van der Waals surface area contributed by atoms with Crippen LogP contribution in [0, 0.1) is 0 Å². The van der Waals surface area contributed by atoms with Crippen molar-refractivity contribution in [2.24, 2.45) is 0 Å². The van der Waals surface area contributed by atoms with Crippen molar-refractivity contribution in [3.8, 4) is 0 Å². The van der Waals surface area contributed by atoms with Crippen molar-refractivity contribution in [3.05, 3.63) is 23.8 Å². The fourth-order valence-corrected chi connectivity index (χ4v) is 2.18. The Bertz CT molecular complexity index is 465. The predicted octanol–water partition coefficient (Wildman–Crippen LogP) is 2.22. The Balaban J connectivity index is 2.68. The number of halogens is 3. The molecule has 0 aliphatic carbocycles. The molecule has 0 radical (unpaired) electrons. The summed E-state index contributed by atoms with van der Waals surface area (Å²) < 4.78 is 37.2. The SMILES string of the molecule is Nc1cc(C(F)(F)F)ccc1SCC(O)CC(=O)O. The predicted molar refractivity (Wildman–Crippen MR) is 64.8 cm³/mol. The molecule has 0 fully saturated rings. The number of aliphatic carboxylic acids is 1. The second-order valence-electron chi connectivity index (χ2n) is 3.81. The Labute approximate surface area is 111 Å². The first kappa shape index (κ1) is 15.6. The van der Waals surface area contributed by atoms with Crippen molar-refractivity contribution in [1.82, 2.24) is 0 Å². The van der Waals surface area contributed by atoms with Gasteiger partial charge in [-0.25, -0.2) is 0 Å². The number of carboxylic acids is 1. The molecule has 4 nitrogen and oxygen atoms in total. The van der Waals surface area contributed by atoms with Crippen LogP contribution in [-0.2, 0) is 11.0 Å². The summed E-state index contributed by atoms with van der Waals surface area (Å²) in [5, 5.41) is 17.8. The van der Waals surface area contributed by atoms with Gasteiger partial charge in [-0.2, -0.15) is 13.2 Å². The zero-order valence-corrected chi connectivity index (χ0v) is 10.5. The summed E-state index contributed by atoms with van der Waals surface area (Å²) in [4.78, 5) is 10.7. The van der Waals surface area contributed by atoms with Crippen LogP contribution in [0.15, 0.2) is 23.1 Å². The molecule has 1 atom stereocenters. The number of nitrogens with two attached hydrogens (primary N) is 1. The van der Waals surface area contributed by atoms with Crippen LogP contribution in [0.4, 0.5) is 18.9 Å². The molecule has 0 saturated carbocycles. The highest BCUT2D eigenvalue weighted by Crippen LogP contribution is 2.34. The summed E-state index contributed by atoms with van der Waals surface area (Å²) in [6, 6.07) is 2.91. The maximum absolute atomic E-state index is 12.4. The molecule has 1 aromatic carbocycles. The number of aliphatic hydroxyl groups is 1. The lowest BCUT2D eigenvalue weighted by Crippen LogP contribution is -2.15. The zero-order valence-electron chi connectivity index (χ0n) is 9.65. The van der Waals surface area contributed by atoms with Crippen molar-refractivity contribution < 1.29 is 28.2 Å². The molecule has 1 unspecified atom stereocenters. The monoisotopic (exact) mass is 295 g/mol. The van der Waals surface area contributed by atoms with Crippen LogP contribution >= 0.6 is 11.8 Å². The van der Waals surface area contributed by atoms with Gasteiger partial charge in [0, 0.05) is 16.3 Å². The first-order chi connectivity index (χ1) is 8.70. The zero-order chi connectivity index (χ0) is 14.6. The molecular weight excluding hydrogens is 283 g/mol. The van der Waals surface area contributed by atoms with E-state index in [-0.39, 0.29) is 11.4 Å². The Kier molecular flexibility index (Phi) is 5.07. The molecule has 8 heteroatoms. The molecule has 0 saturated heterocycles. The van der Waals surface area contributed by atoms with Gasteiger partial charge in [-0.3, -0.25) is 4.79 Å². The quantitative estimate of drug-likeness (QED) is 0.573. The van der Waals surface area contributed by atoms with Gasteiger partial charge >= 0.3 is 12.1 Å². The minimum absolute atomic E-state index is 0.0435. The third-order valence-corrected chi connectivity index (χ3v) is 3.41. The maximum atomic E-state index is 12.4. The van der Waals surface area contributed by atoms with E-state index < -0.39 is 30.2 Å². The molecule has 0 aromatic heterocycles. The second-order valence-corrected chi connectivity index (χ2v) is 4.87. The van der Waals surface area contributed by atoms with E-state index in [9.17, 15) is 23.1 Å². The molecule has 0 amide bonds. The molecule has 4 N–H and O–H groups in total. The Morgan fingerprint density at radius 1 is 1.42 bits per heavy atom. The highest BCUT2D eigenvalue weighted by atomic mass is 32.2. The van der Waals surface area contributed by atoms with E-state index in [0.29, 0.717) is 4.90 Å². The average Bonchev–Trinajstić information content (AvgIpc) is 2.25. The third-order valence-electron chi connectivity index (χ3n) is 2.18. The Morgan fingerprint density at radius 2 is 2.05 bits per heavy atom. The molecule has 106 valence electrons. The van der Waals surface area contributed by atoms with E-state index in [1.807, 2.05) is 0 Å². The van der Waals surface area contributed by atoms with Crippen LogP contribution in [-0.4, -0.2) is 28.0 Å². The van der Waals surface area contributed by atoms with E-state index >= 15 is 0 Å². The van der Waals surface area contributed by atoms with Gasteiger partial charge in [-0.15, -0.1) is 11.8 Å². The van der Waals surface area contributed by atoms with Crippen molar-refractivity contribution in [3.63, 3.8) is 0 Å². The minimum Gasteiger partial charge on any atom is -0.481 e. The summed E-state index contributed by atoms with van der Waals surface area (Å²) in [6.07, 6.45) is -5.96. The number of benzene rings is 1. The summed E-state index contributed by atoms with van der Waals surface area (Å²) in [5.41, 5.74) is 4.59. The molecule has 0 spiro atoms. The fraction of sp³-hybridized carbons (Fsp3) is 0.364. The number of carboxylic acid groups (broad SMARTS) is 1. The standard InChI is InChI=1S/C11H12F3NO3S/c12-11(13,14)6-1-2-9(8(15)3-6)19-5-7(16)4-10(17)18/h1-3,7,16H,4-5,15H2,(H,17,18). The summed E-state index contributed by atoms with van der Waals surface area (Å²) in [6.45, 7) is 0. The van der Waals surface area contributed by atoms with Crippen LogP contribution in [0.2, 0.25) is 0 Å².